The molecule has 0 atom stereocenters. The van der Waals surface area contributed by atoms with Gasteiger partial charge in [0.25, 0.3) is 0 Å². The van der Waals surface area contributed by atoms with Gasteiger partial charge in [0.15, 0.2) is 6.29 Å². The van der Waals surface area contributed by atoms with Gasteiger partial charge >= 0.3 is 0 Å². The second-order valence-corrected chi connectivity index (χ2v) is 4.75. The predicted molar refractivity (Wildman–Crippen MR) is 74.5 cm³/mol. The molecular formula is C12H7Cl3N2O. The Labute approximate surface area is 118 Å². The maximum atomic E-state index is 11.0. The van der Waals surface area contributed by atoms with Crippen LogP contribution in [0.25, 0.3) is 11.1 Å². The van der Waals surface area contributed by atoms with Crippen molar-refractivity contribution in [3.63, 3.8) is 0 Å². The standard InChI is InChI=1S/C12H7Cl3N2O/c13-8-4-10(15)9(14)3-7(8)6-1-2-12(16)17-11(6)5-18/h1-5H,(H2,16,17). The number of aldehydes is 1. The molecule has 0 spiro atoms. The van der Waals surface area contributed by atoms with E-state index in [0.717, 1.165) is 0 Å². The zero-order valence-electron chi connectivity index (χ0n) is 8.95. The Hall–Kier alpha value is -1.29. The topological polar surface area (TPSA) is 56.0 Å². The van der Waals surface area contributed by atoms with Crippen LogP contribution in [-0.2, 0) is 0 Å². The minimum atomic E-state index is 0.204. The van der Waals surface area contributed by atoms with E-state index in [1.165, 1.54) is 6.07 Å². The third-order valence-corrected chi connectivity index (χ3v) is 3.39. The summed E-state index contributed by atoms with van der Waals surface area (Å²) in [5, 5.41) is 1.09. The minimum Gasteiger partial charge on any atom is -0.384 e. The minimum absolute atomic E-state index is 0.204. The van der Waals surface area contributed by atoms with E-state index in [1.807, 2.05) is 0 Å². The van der Waals surface area contributed by atoms with Gasteiger partial charge in [-0.25, -0.2) is 4.98 Å². The molecule has 0 aliphatic carbocycles. The lowest BCUT2D eigenvalue weighted by Gasteiger charge is -2.09. The zero-order valence-corrected chi connectivity index (χ0v) is 11.2. The first-order valence-electron chi connectivity index (χ1n) is 4.89. The molecule has 2 aromatic rings. The van der Waals surface area contributed by atoms with Crippen molar-refractivity contribution in [3.05, 3.63) is 45.0 Å². The van der Waals surface area contributed by atoms with Crippen LogP contribution in [0.15, 0.2) is 24.3 Å². The number of halogens is 3. The number of pyridine rings is 1. The number of hydrogen-bond acceptors (Lipinski definition) is 3. The molecule has 3 nitrogen and oxygen atoms in total. The number of rotatable bonds is 2. The molecule has 1 aromatic carbocycles. The predicted octanol–water partition coefficient (Wildman–Crippen LogP) is 4.10. The largest absolute Gasteiger partial charge is 0.384 e. The van der Waals surface area contributed by atoms with Gasteiger partial charge in [-0.15, -0.1) is 0 Å². The van der Waals surface area contributed by atoms with Crippen molar-refractivity contribution >= 4 is 46.9 Å². The fraction of sp³-hybridized carbons (Fsp3) is 0. The summed E-state index contributed by atoms with van der Waals surface area (Å²) in [7, 11) is 0. The van der Waals surface area contributed by atoms with Gasteiger partial charge in [0.2, 0.25) is 0 Å². The second kappa shape index (κ2) is 5.14. The van der Waals surface area contributed by atoms with E-state index in [0.29, 0.717) is 32.5 Å². The molecule has 0 radical (unpaired) electrons. The highest BCUT2D eigenvalue weighted by Crippen LogP contribution is 2.36. The average molecular weight is 302 g/mol. The van der Waals surface area contributed by atoms with Crippen LogP contribution in [0.1, 0.15) is 10.5 Å². The number of nitrogen functional groups attached to an aromatic ring is 1. The number of hydrogen-bond donors (Lipinski definition) is 1. The Balaban J connectivity index is 2.69. The molecule has 92 valence electrons. The highest BCUT2D eigenvalue weighted by Gasteiger charge is 2.12. The fourth-order valence-corrected chi connectivity index (χ4v) is 2.19. The van der Waals surface area contributed by atoms with Crippen molar-refractivity contribution in [2.24, 2.45) is 0 Å². The normalized spacial score (nSPS) is 10.4. The Bertz CT molecular complexity index is 629. The molecule has 0 fully saturated rings. The second-order valence-electron chi connectivity index (χ2n) is 3.53. The van der Waals surface area contributed by atoms with Crippen LogP contribution in [0.3, 0.4) is 0 Å². The Morgan fingerprint density at radius 3 is 2.33 bits per heavy atom. The number of nitrogens with two attached hydrogens (primary N) is 1. The van der Waals surface area contributed by atoms with Crippen LogP contribution < -0.4 is 5.73 Å². The number of nitrogens with zero attached hydrogens (tertiary/aromatic N) is 1. The van der Waals surface area contributed by atoms with Crippen molar-refractivity contribution < 1.29 is 4.79 Å². The lowest BCUT2D eigenvalue weighted by atomic mass is 10.0. The molecule has 1 heterocycles. The number of aromatic nitrogens is 1. The van der Waals surface area contributed by atoms with Crippen LogP contribution in [0.4, 0.5) is 5.82 Å². The highest BCUT2D eigenvalue weighted by molar-refractivity contribution is 6.44. The molecule has 2 rings (SSSR count). The van der Waals surface area contributed by atoms with Crippen LogP contribution in [0, 0.1) is 0 Å². The van der Waals surface area contributed by atoms with Crippen LogP contribution in [-0.4, -0.2) is 11.3 Å². The molecular weight excluding hydrogens is 295 g/mol. The van der Waals surface area contributed by atoms with Crippen LogP contribution in [0.2, 0.25) is 15.1 Å². The van der Waals surface area contributed by atoms with Gasteiger partial charge in [0, 0.05) is 11.1 Å². The fourth-order valence-electron chi connectivity index (χ4n) is 1.54. The van der Waals surface area contributed by atoms with Crippen LogP contribution in [0.5, 0.6) is 0 Å². The summed E-state index contributed by atoms with van der Waals surface area (Å²) in [6.45, 7) is 0. The van der Waals surface area contributed by atoms with Crippen molar-refractivity contribution in [2.75, 3.05) is 5.73 Å². The van der Waals surface area contributed by atoms with E-state index >= 15 is 0 Å². The van der Waals surface area contributed by atoms with E-state index in [1.54, 1.807) is 18.2 Å². The smallest absolute Gasteiger partial charge is 0.169 e. The van der Waals surface area contributed by atoms with Gasteiger partial charge in [0.05, 0.1) is 15.1 Å². The number of carbonyl (C=O) groups is 1. The first-order chi connectivity index (χ1) is 8.52. The first kappa shape index (κ1) is 13.1. The highest BCUT2D eigenvalue weighted by atomic mass is 35.5. The SMILES string of the molecule is Nc1ccc(-c2cc(Cl)c(Cl)cc2Cl)c(C=O)n1. The summed E-state index contributed by atoms with van der Waals surface area (Å²) >= 11 is 17.9. The van der Waals surface area contributed by atoms with Gasteiger partial charge < -0.3 is 5.73 Å². The number of benzene rings is 1. The Kier molecular flexibility index (Phi) is 3.76. The molecule has 0 aliphatic rings. The molecule has 6 heteroatoms. The van der Waals surface area contributed by atoms with Crippen molar-refractivity contribution in [1.82, 2.24) is 4.98 Å². The Morgan fingerprint density at radius 1 is 1.00 bits per heavy atom. The summed E-state index contributed by atoms with van der Waals surface area (Å²) in [5.41, 5.74) is 6.87. The Morgan fingerprint density at radius 2 is 1.67 bits per heavy atom. The molecule has 18 heavy (non-hydrogen) atoms. The lowest BCUT2D eigenvalue weighted by Crippen LogP contribution is -1.97. The summed E-state index contributed by atoms with van der Waals surface area (Å²) in [5.74, 6) is 0.261. The zero-order chi connectivity index (χ0) is 13.3. The van der Waals surface area contributed by atoms with Gasteiger partial charge in [-0.2, -0.15) is 0 Å². The van der Waals surface area contributed by atoms with Crippen molar-refractivity contribution in [1.29, 1.82) is 0 Å². The summed E-state index contributed by atoms with van der Waals surface area (Å²) in [6.07, 6.45) is 0.616. The van der Waals surface area contributed by atoms with Crippen molar-refractivity contribution in [2.45, 2.75) is 0 Å². The maximum Gasteiger partial charge on any atom is 0.169 e. The molecule has 0 bridgehead atoms. The van der Waals surface area contributed by atoms with E-state index < -0.39 is 0 Å². The third-order valence-electron chi connectivity index (χ3n) is 2.36. The van der Waals surface area contributed by atoms with E-state index in [4.69, 9.17) is 40.5 Å². The average Bonchev–Trinajstić information content (AvgIpc) is 2.34. The number of carbonyl (C=O) groups excluding carboxylic acids is 1. The molecule has 0 amide bonds. The third kappa shape index (κ3) is 2.43. The molecule has 2 N–H and O–H groups in total. The van der Waals surface area contributed by atoms with Gasteiger partial charge in [-0.1, -0.05) is 34.8 Å². The summed E-state index contributed by atoms with van der Waals surface area (Å²) < 4.78 is 0. The lowest BCUT2D eigenvalue weighted by molar-refractivity contribution is 0.112. The first-order valence-corrected chi connectivity index (χ1v) is 6.03. The summed E-state index contributed by atoms with van der Waals surface area (Å²) in [6, 6.07) is 6.36. The van der Waals surface area contributed by atoms with Gasteiger partial charge in [-0.3, -0.25) is 4.79 Å². The van der Waals surface area contributed by atoms with Crippen molar-refractivity contribution in [3.8, 4) is 11.1 Å². The molecule has 1 aromatic heterocycles. The maximum absolute atomic E-state index is 11.0. The van der Waals surface area contributed by atoms with Gasteiger partial charge in [0.1, 0.15) is 11.5 Å². The molecule has 0 saturated carbocycles. The van der Waals surface area contributed by atoms with Crippen LogP contribution >= 0.6 is 34.8 Å². The molecule has 0 unspecified atom stereocenters. The van der Waals surface area contributed by atoms with E-state index in [-0.39, 0.29) is 11.5 Å². The number of anilines is 1. The monoisotopic (exact) mass is 300 g/mol. The van der Waals surface area contributed by atoms with Gasteiger partial charge in [-0.05, 0) is 24.3 Å². The van der Waals surface area contributed by atoms with E-state index in [9.17, 15) is 4.79 Å². The molecule has 0 aliphatic heterocycles. The molecule has 0 saturated heterocycles. The van der Waals surface area contributed by atoms with E-state index in [2.05, 4.69) is 4.98 Å². The summed E-state index contributed by atoms with van der Waals surface area (Å²) in [4.78, 5) is 14.9. The quantitative estimate of drug-likeness (QED) is 0.671.